The number of carbonyl (C=O) groups is 1. The minimum Gasteiger partial charge on any atom is -0.489 e. The van der Waals surface area contributed by atoms with Crippen LogP contribution in [0.5, 0.6) is 5.75 Å². The van der Waals surface area contributed by atoms with Crippen LogP contribution in [-0.4, -0.2) is 27.7 Å². The molecule has 0 heterocycles. The second-order valence-corrected chi connectivity index (χ2v) is 23.2. The van der Waals surface area contributed by atoms with Crippen LogP contribution in [0.15, 0.2) is 60.7 Å². The first-order valence-corrected chi connectivity index (χ1v) is 19.8. The molecule has 0 bridgehead atoms. The van der Waals surface area contributed by atoms with Crippen molar-refractivity contribution in [1.29, 1.82) is 0 Å². The number of carboxylic acid groups (broad SMARTS) is 1. The van der Waals surface area contributed by atoms with E-state index < -0.39 is 22.6 Å². The minimum absolute atomic E-state index is 0.125. The van der Waals surface area contributed by atoms with Crippen LogP contribution in [0.4, 0.5) is 0 Å². The summed E-state index contributed by atoms with van der Waals surface area (Å²) in [4.78, 5) is 10.7. The van der Waals surface area contributed by atoms with Gasteiger partial charge in [0.25, 0.3) is 0 Å². The number of rotatable bonds is 12. The van der Waals surface area contributed by atoms with Crippen molar-refractivity contribution in [3.05, 3.63) is 82.9 Å². The molecule has 0 amide bonds. The second kappa shape index (κ2) is 13.5. The number of aliphatic carboxylic acids is 1. The van der Waals surface area contributed by atoms with Crippen molar-refractivity contribution in [1.82, 2.24) is 0 Å². The van der Waals surface area contributed by atoms with Gasteiger partial charge >= 0.3 is 5.97 Å². The van der Waals surface area contributed by atoms with Gasteiger partial charge in [0.05, 0.1) is 13.2 Å². The Labute approximate surface area is 244 Å². The molecule has 0 radical (unpaired) electrons. The highest BCUT2D eigenvalue weighted by atomic mass is 28.4. The zero-order valence-electron chi connectivity index (χ0n) is 26.5. The average Bonchev–Trinajstić information content (AvgIpc) is 2.84. The molecule has 2 aromatic rings. The number of allylic oxidation sites excluding steroid dienone is 3. The number of hydrogen-bond donors (Lipinski definition) is 1. The Hall–Kier alpha value is -2.46. The largest absolute Gasteiger partial charge is 0.489 e. The van der Waals surface area contributed by atoms with Gasteiger partial charge in [-0.15, -0.1) is 0 Å². The summed E-state index contributed by atoms with van der Waals surface area (Å²) < 4.78 is 19.4. The fourth-order valence-electron chi connectivity index (χ4n) is 3.36. The molecule has 2 rings (SSSR count). The predicted molar refractivity (Wildman–Crippen MR) is 172 cm³/mol. The van der Waals surface area contributed by atoms with Crippen LogP contribution in [0.2, 0.25) is 36.3 Å². The SMILES string of the molecule is CC(=CC=CC(=O)O)c1cccc(COc2ccc(CO[Si](C)(C)C(C)(C)C)c(CO[Si](C)(C)C(C)(C)C)c2)c1. The number of hydrogen-bond acceptors (Lipinski definition) is 4. The summed E-state index contributed by atoms with van der Waals surface area (Å²) in [7, 11) is -3.84. The highest BCUT2D eigenvalue weighted by Crippen LogP contribution is 2.39. The maximum Gasteiger partial charge on any atom is 0.328 e. The molecule has 220 valence electrons. The van der Waals surface area contributed by atoms with Crippen molar-refractivity contribution >= 4 is 28.2 Å². The molecule has 0 saturated carbocycles. The molecule has 0 spiro atoms. The van der Waals surface area contributed by atoms with E-state index in [1.165, 1.54) is 0 Å². The highest BCUT2D eigenvalue weighted by Gasteiger charge is 2.38. The maximum absolute atomic E-state index is 10.7. The highest BCUT2D eigenvalue weighted by molar-refractivity contribution is 6.74. The molecule has 0 saturated heterocycles. The van der Waals surface area contributed by atoms with Crippen LogP contribution in [0.1, 0.15) is 70.7 Å². The summed E-state index contributed by atoms with van der Waals surface area (Å²) in [6.45, 7) is 26.2. The first-order chi connectivity index (χ1) is 18.3. The number of benzene rings is 2. The Morgan fingerprint density at radius 2 is 1.40 bits per heavy atom. The summed E-state index contributed by atoms with van der Waals surface area (Å²) in [5, 5.41) is 9.08. The zero-order chi connectivity index (χ0) is 30.4. The molecular weight excluding hydrogens is 533 g/mol. The Bertz CT molecular complexity index is 1210. The molecule has 0 fully saturated rings. The lowest BCUT2D eigenvalue weighted by Gasteiger charge is -2.37. The van der Waals surface area contributed by atoms with E-state index in [1.54, 1.807) is 12.2 Å². The van der Waals surface area contributed by atoms with Crippen molar-refractivity contribution in [3.63, 3.8) is 0 Å². The van der Waals surface area contributed by atoms with Gasteiger partial charge in [-0.2, -0.15) is 0 Å². The van der Waals surface area contributed by atoms with Gasteiger partial charge in [-0.3, -0.25) is 0 Å². The maximum atomic E-state index is 10.7. The Kier molecular flexibility index (Phi) is 11.4. The molecule has 1 N–H and O–H groups in total. The molecule has 0 unspecified atom stereocenters. The standard InChI is InChI=1S/C33H50O5Si2/c1-25(14-12-17-31(34)35)27-16-13-15-26(20-27)22-36-30-19-18-28(23-37-39(8,9)32(2,3)4)29(21-30)24-38-40(10,11)33(5,6)7/h12-21H,22-24H2,1-11H3,(H,34,35). The molecule has 0 aliphatic carbocycles. The lowest BCUT2D eigenvalue weighted by Crippen LogP contribution is -2.41. The Morgan fingerprint density at radius 3 is 1.95 bits per heavy atom. The molecule has 2 aromatic carbocycles. The summed E-state index contributed by atoms with van der Waals surface area (Å²) in [5.41, 5.74) is 5.30. The van der Waals surface area contributed by atoms with E-state index in [0.29, 0.717) is 19.8 Å². The third kappa shape index (κ3) is 9.87. The normalized spacial score (nSPS) is 13.6. The average molecular weight is 583 g/mol. The van der Waals surface area contributed by atoms with Gasteiger partial charge in [-0.1, -0.05) is 78.0 Å². The summed E-state index contributed by atoms with van der Waals surface area (Å²) in [5.74, 6) is -0.162. The Balaban J connectivity index is 2.26. The van der Waals surface area contributed by atoms with Crippen LogP contribution in [0.25, 0.3) is 5.57 Å². The molecule has 40 heavy (non-hydrogen) atoms. The molecule has 0 aliphatic heterocycles. The van der Waals surface area contributed by atoms with E-state index in [1.807, 2.05) is 31.2 Å². The van der Waals surface area contributed by atoms with E-state index in [2.05, 4.69) is 85.9 Å². The number of carboxylic acids is 1. The predicted octanol–water partition coefficient (Wildman–Crippen LogP) is 9.35. The van der Waals surface area contributed by atoms with Gasteiger partial charge in [-0.05, 0) is 89.2 Å². The van der Waals surface area contributed by atoms with Crippen molar-refractivity contribution in [2.45, 2.75) is 105 Å². The smallest absolute Gasteiger partial charge is 0.328 e. The van der Waals surface area contributed by atoms with Crippen molar-refractivity contribution < 1.29 is 23.5 Å². The lowest BCUT2D eigenvalue weighted by molar-refractivity contribution is -0.131. The first-order valence-electron chi connectivity index (χ1n) is 14.0. The molecule has 7 heteroatoms. The van der Waals surface area contributed by atoms with Gasteiger partial charge in [0.1, 0.15) is 12.4 Å². The fraction of sp³-hybridized carbons (Fsp3) is 0.485. The molecule has 0 aromatic heterocycles. The van der Waals surface area contributed by atoms with Crippen molar-refractivity contribution in [2.75, 3.05) is 0 Å². The quantitative estimate of drug-likeness (QED) is 0.153. The van der Waals surface area contributed by atoms with E-state index in [9.17, 15) is 4.79 Å². The topological polar surface area (TPSA) is 65.0 Å². The van der Waals surface area contributed by atoms with Crippen LogP contribution in [-0.2, 0) is 33.5 Å². The van der Waals surface area contributed by atoms with Gasteiger partial charge in [0, 0.05) is 6.08 Å². The fourth-order valence-corrected chi connectivity index (χ4v) is 5.26. The van der Waals surface area contributed by atoms with E-state index in [4.69, 9.17) is 18.7 Å². The van der Waals surface area contributed by atoms with Gasteiger partial charge in [0.15, 0.2) is 16.6 Å². The van der Waals surface area contributed by atoms with Gasteiger partial charge in [0.2, 0.25) is 0 Å². The minimum atomic E-state index is -1.94. The van der Waals surface area contributed by atoms with Crippen LogP contribution in [0.3, 0.4) is 0 Å². The van der Waals surface area contributed by atoms with E-state index >= 15 is 0 Å². The Morgan fingerprint density at radius 1 is 0.825 bits per heavy atom. The summed E-state index contributed by atoms with van der Waals surface area (Å²) in [6, 6.07) is 14.3. The first kappa shape index (κ1) is 33.7. The molecule has 0 atom stereocenters. The molecular formula is C33H50O5Si2. The van der Waals surface area contributed by atoms with Crippen LogP contribution < -0.4 is 4.74 Å². The third-order valence-electron chi connectivity index (χ3n) is 8.34. The van der Waals surface area contributed by atoms with Gasteiger partial charge < -0.3 is 18.7 Å². The van der Waals surface area contributed by atoms with Gasteiger partial charge in [-0.25, -0.2) is 4.79 Å². The molecule has 5 nitrogen and oxygen atoms in total. The molecule has 0 aliphatic rings. The second-order valence-electron chi connectivity index (χ2n) is 13.6. The van der Waals surface area contributed by atoms with Crippen molar-refractivity contribution in [3.8, 4) is 5.75 Å². The monoisotopic (exact) mass is 582 g/mol. The zero-order valence-corrected chi connectivity index (χ0v) is 28.5. The van der Waals surface area contributed by atoms with E-state index in [0.717, 1.165) is 39.7 Å². The van der Waals surface area contributed by atoms with Crippen LogP contribution >= 0.6 is 0 Å². The van der Waals surface area contributed by atoms with E-state index in [-0.39, 0.29) is 10.1 Å². The third-order valence-corrected chi connectivity index (χ3v) is 17.3. The van der Waals surface area contributed by atoms with Crippen molar-refractivity contribution in [2.24, 2.45) is 0 Å². The lowest BCUT2D eigenvalue weighted by atomic mass is 10.0. The number of ether oxygens (including phenoxy) is 1. The summed E-state index contributed by atoms with van der Waals surface area (Å²) in [6.07, 6.45) is 4.47. The summed E-state index contributed by atoms with van der Waals surface area (Å²) >= 11 is 0. The van der Waals surface area contributed by atoms with Crippen LogP contribution in [0, 0.1) is 0 Å².